The summed E-state index contributed by atoms with van der Waals surface area (Å²) in [7, 11) is -1.83. The number of hydrogen-bond donors (Lipinski definition) is 2. The number of amidine groups is 1. The number of fused-ring (bicyclic) bond motifs is 1. The lowest BCUT2D eigenvalue weighted by Gasteiger charge is -2.27. The van der Waals surface area contributed by atoms with Crippen LogP contribution in [0.4, 0.5) is 0 Å². The number of benzene rings is 1. The summed E-state index contributed by atoms with van der Waals surface area (Å²) in [6.45, 7) is 5.02. The van der Waals surface area contributed by atoms with E-state index >= 15 is 0 Å². The van der Waals surface area contributed by atoms with E-state index in [-0.39, 0.29) is 16.3 Å². The average molecular weight is 381 g/mol. The standard InChI is InChI=1S/C18H28N4O3S/c1-4-18(19,5-2)13-20-16(23)11-8-12-22(3)17-14-9-6-7-10-15(14)26(24,25)21-17/h6-7,9-10H,4-5,8,11-13,19H2,1-3H3,(H,20,23). The van der Waals surface area contributed by atoms with Gasteiger partial charge in [0.15, 0.2) is 0 Å². The molecule has 144 valence electrons. The molecule has 2 rings (SSSR count). The molecule has 26 heavy (non-hydrogen) atoms. The van der Waals surface area contributed by atoms with Crippen LogP contribution in [0.3, 0.4) is 0 Å². The van der Waals surface area contributed by atoms with Gasteiger partial charge >= 0.3 is 0 Å². The van der Waals surface area contributed by atoms with Gasteiger partial charge in [0.1, 0.15) is 10.7 Å². The van der Waals surface area contributed by atoms with Crippen molar-refractivity contribution < 1.29 is 13.2 Å². The van der Waals surface area contributed by atoms with Gasteiger partial charge in [-0.3, -0.25) is 4.79 Å². The second kappa shape index (κ2) is 8.18. The van der Waals surface area contributed by atoms with Crippen LogP contribution in [0.1, 0.15) is 45.1 Å². The molecular weight excluding hydrogens is 352 g/mol. The molecule has 1 amide bonds. The predicted octanol–water partition coefficient (Wildman–Crippen LogP) is 1.48. The molecule has 0 saturated heterocycles. The molecule has 0 unspecified atom stereocenters. The van der Waals surface area contributed by atoms with Gasteiger partial charge in [0.05, 0.1) is 0 Å². The lowest BCUT2D eigenvalue weighted by Crippen LogP contribution is -2.49. The minimum Gasteiger partial charge on any atom is -0.358 e. The van der Waals surface area contributed by atoms with Gasteiger partial charge in [-0.2, -0.15) is 8.42 Å². The highest BCUT2D eigenvalue weighted by Gasteiger charge is 2.30. The molecule has 1 aromatic carbocycles. The smallest absolute Gasteiger partial charge is 0.285 e. The van der Waals surface area contributed by atoms with E-state index in [1.54, 1.807) is 36.2 Å². The Morgan fingerprint density at radius 3 is 2.58 bits per heavy atom. The first-order chi connectivity index (χ1) is 12.2. The van der Waals surface area contributed by atoms with Crippen molar-refractivity contribution in [3.05, 3.63) is 29.8 Å². The molecule has 0 spiro atoms. The van der Waals surface area contributed by atoms with Crippen molar-refractivity contribution in [2.24, 2.45) is 10.1 Å². The molecule has 0 saturated carbocycles. The fourth-order valence-corrected chi connectivity index (χ4v) is 4.06. The van der Waals surface area contributed by atoms with E-state index in [1.807, 2.05) is 13.8 Å². The number of rotatable bonds is 8. The highest BCUT2D eigenvalue weighted by Crippen LogP contribution is 2.26. The summed E-state index contributed by atoms with van der Waals surface area (Å²) < 4.78 is 28.1. The first-order valence-electron chi connectivity index (χ1n) is 8.93. The number of hydrogen-bond acceptors (Lipinski definition) is 5. The Kier molecular flexibility index (Phi) is 6.41. The van der Waals surface area contributed by atoms with Crippen LogP contribution in [0, 0.1) is 0 Å². The van der Waals surface area contributed by atoms with Gasteiger partial charge in [-0.05, 0) is 31.4 Å². The van der Waals surface area contributed by atoms with E-state index in [0.29, 0.717) is 37.3 Å². The van der Waals surface area contributed by atoms with Crippen LogP contribution in [0.5, 0.6) is 0 Å². The van der Waals surface area contributed by atoms with Crippen molar-refractivity contribution in [2.75, 3.05) is 20.1 Å². The van der Waals surface area contributed by atoms with Crippen LogP contribution in [0.15, 0.2) is 33.6 Å². The quantitative estimate of drug-likeness (QED) is 0.711. The summed E-state index contributed by atoms with van der Waals surface area (Å²) in [6, 6.07) is 6.78. The minimum absolute atomic E-state index is 0.0449. The van der Waals surface area contributed by atoms with Crippen LogP contribution in [0.2, 0.25) is 0 Å². The zero-order chi connectivity index (χ0) is 19.4. The van der Waals surface area contributed by atoms with Crippen LogP contribution >= 0.6 is 0 Å². The first-order valence-corrected chi connectivity index (χ1v) is 10.4. The minimum atomic E-state index is -3.62. The lowest BCUT2D eigenvalue weighted by molar-refractivity contribution is -0.121. The molecule has 1 aliphatic heterocycles. The summed E-state index contributed by atoms with van der Waals surface area (Å²) >= 11 is 0. The zero-order valence-corrected chi connectivity index (χ0v) is 16.5. The highest BCUT2D eigenvalue weighted by molar-refractivity contribution is 7.90. The summed E-state index contributed by atoms with van der Waals surface area (Å²) in [4.78, 5) is 14.0. The third-order valence-electron chi connectivity index (χ3n) is 4.92. The molecular formula is C18H28N4O3S. The summed E-state index contributed by atoms with van der Waals surface area (Å²) in [6.07, 6.45) is 2.56. The number of nitrogens with zero attached hydrogens (tertiary/aromatic N) is 2. The largest absolute Gasteiger partial charge is 0.358 e. The highest BCUT2D eigenvalue weighted by atomic mass is 32.2. The topological polar surface area (TPSA) is 105 Å². The van der Waals surface area contributed by atoms with E-state index in [0.717, 1.165) is 12.8 Å². The summed E-state index contributed by atoms with van der Waals surface area (Å²) in [5.74, 6) is 0.385. The fourth-order valence-electron chi connectivity index (χ4n) is 2.81. The molecule has 0 aromatic heterocycles. The van der Waals surface area contributed by atoms with Crippen molar-refractivity contribution in [1.29, 1.82) is 0 Å². The molecule has 0 aliphatic carbocycles. The van der Waals surface area contributed by atoms with E-state index < -0.39 is 10.0 Å². The molecule has 1 heterocycles. The fraction of sp³-hybridized carbons (Fsp3) is 0.556. The SMILES string of the molecule is CCC(N)(CC)CNC(=O)CCCN(C)C1=NS(=O)(=O)c2ccccc21. The molecule has 0 fully saturated rings. The number of carbonyl (C=O) groups is 1. The lowest BCUT2D eigenvalue weighted by atomic mass is 9.94. The van der Waals surface area contributed by atoms with Crippen molar-refractivity contribution in [3.63, 3.8) is 0 Å². The summed E-state index contributed by atoms with van der Waals surface area (Å²) in [5.41, 5.74) is 6.43. The summed E-state index contributed by atoms with van der Waals surface area (Å²) in [5, 5.41) is 2.89. The van der Waals surface area contributed by atoms with E-state index in [1.165, 1.54) is 0 Å². The molecule has 1 aromatic rings. The normalized spacial score (nSPS) is 15.3. The molecule has 1 aliphatic rings. The van der Waals surface area contributed by atoms with Crippen LogP contribution in [0.25, 0.3) is 0 Å². The second-order valence-electron chi connectivity index (χ2n) is 6.76. The van der Waals surface area contributed by atoms with Gasteiger partial charge in [0.25, 0.3) is 10.0 Å². The van der Waals surface area contributed by atoms with Gasteiger partial charge in [0.2, 0.25) is 5.91 Å². The van der Waals surface area contributed by atoms with Gasteiger partial charge in [0, 0.05) is 37.7 Å². The van der Waals surface area contributed by atoms with Gasteiger partial charge < -0.3 is 16.0 Å². The van der Waals surface area contributed by atoms with Crippen molar-refractivity contribution in [3.8, 4) is 0 Å². The Hall–Kier alpha value is -1.93. The maximum atomic E-state index is 12.1. The van der Waals surface area contributed by atoms with Gasteiger partial charge in [-0.15, -0.1) is 4.40 Å². The number of nitrogens with two attached hydrogens (primary N) is 1. The maximum absolute atomic E-state index is 12.1. The third kappa shape index (κ3) is 4.62. The molecule has 8 heteroatoms. The van der Waals surface area contributed by atoms with Crippen LogP contribution in [-0.2, 0) is 14.8 Å². The third-order valence-corrected chi connectivity index (χ3v) is 6.24. The molecule has 0 radical (unpaired) electrons. The van der Waals surface area contributed by atoms with Crippen LogP contribution < -0.4 is 11.1 Å². The number of nitrogens with one attached hydrogen (secondary N) is 1. The number of carbonyl (C=O) groups excluding carboxylic acids is 1. The number of sulfonamides is 1. The van der Waals surface area contributed by atoms with Gasteiger partial charge in [-0.1, -0.05) is 26.0 Å². The second-order valence-corrected chi connectivity index (χ2v) is 8.33. The molecule has 0 bridgehead atoms. The van der Waals surface area contributed by atoms with Crippen molar-refractivity contribution >= 4 is 21.8 Å². The van der Waals surface area contributed by atoms with Crippen molar-refractivity contribution in [2.45, 2.75) is 50.0 Å². The zero-order valence-electron chi connectivity index (χ0n) is 15.7. The Morgan fingerprint density at radius 1 is 1.27 bits per heavy atom. The average Bonchev–Trinajstić information content (AvgIpc) is 2.91. The molecule has 0 atom stereocenters. The monoisotopic (exact) mass is 380 g/mol. The maximum Gasteiger partial charge on any atom is 0.285 e. The van der Waals surface area contributed by atoms with Crippen LogP contribution in [-0.4, -0.2) is 50.7 Å². The predicted molar refractivity (Wildman–Crippen MR) is 103 cm³/mol. The van der Waals surface area contributed by atoms with E-state index in [2.05, 4.69) is 9.71 Å². The van der Waals surface area contributed by atoms with E-state index in [4.69, 9.17) is 5.73 Å². The molecule has 3 N–H and O–H groups in total. The van der Waals surface area contributed by atoms with Crippen molar-refractivity contribution in [1.82, 2.24) is 10.2 Å². The van der Waals surface area contributed by atoms with Gasteiger partial charge in [-0.25, -0.2) is 0 Å². The Morgan fingerprint density at radius 2 is 1.92 bits per heavy atom. The van der Waals surface area contributed by atoms with E-state index in [9.17, 15) is 13.2 Å². The molecule has 7 nitrogen and oxygen atoms in total. The Labute approximate surface area is 155 Å². The Balaban J connectivity index is 1.87. The Bertz CT molecular complexity index is 785. The first kappa shape index (κ1) is 20.4. The number of amides is 1.